The summed E-state index contributed by atoms with van der Waals surface area (Å²) in [6.07, 6.45) is 4.37. The number of benzene rings is 1. The van der Waals surface area contributed by atoms with E-state index >= 15 is 0 Å². The molecule has 2 fully saturated rings. The van der Waals surface area contributed by atoms with Crippen LogP contribution in [0.3, 0.4) is 0 Å². The Kier molecular flexibility index (Phi) is 5.65. The summed E-state index contributed by atoms with van der Waals surface area (Å²) in [7, 11) is -3.32. The lowest BCUT2D eigenvalue weighted by atomic mass is 9.95. The Labute approximate surface area is 174 Å². The van der Waals surface area contributed by atoms with Gasteiger partial charge in [-0.05, 0) is 25.1 Å². The van der Waals surface area contributed by atoms with Crippen molar-refractivity contribution in [1.82, 2.24) is 15.3 Å². The molecule has 156 valence electrons. The van der Waals surface area contributed by atoms with Crippen LogP contribution in [0.25, 0.3) is 0 Å². The van der Waals surface area contributed by atoms with Gasteiger partial charge in [-0.15, -0.1) is 0 Å². The van der Waals surface area contributed by atoms with Gasteiger partial charge in [0.2, 0.25) is 5.88 Å². The van der Waals surface area contributed by atoms with Crippen LogP contribution < -0.4 is 15.4 Å². The average Bonchev–Trinajstić information content (AvgIpc) is 2.65. The van der Waals surface area contributed by atoms with Crippen molar-refractivity contribution in [1.29, 1.82) is 0 Å². The summed E-state index contributed by atoms with van der Waals surface area (Å²) < 4.78 is 35.1. The first-order valence-electron chi connectivity index (χ1n) is 9.38. The molecular formula is C19H23ClN4O4S. The number of anilines is 2. The van der Waals surface area contributed by atoms with E-state index in [0.29, 0.717) is 47.7 Å². The molecule has 1 aromatic carbocycles. The van der Waals surface area contributed by atoms with Crippen LogP contribution in [0.1, 0.15) is 18.4 Å². The number of aromatic nitrogens is 2. The van der Waals surface area contributed by atoms with E-state index in [1.807, 2.05) is 6.92 Å². The Bertz CT molecular complexity index is 1010. The van der Waals surface area contributed by atoms with Gasteiger partial charge in [0.15, 0.2) is 9.84 Å². The number of rotatable bonds is 5. The molecule has 3 heterocycles. The molecule has 0 spiro atoms. The summed E-state index contributed by atoms with van der Waals surface area (Å²) in [5.74, 6) is 1.08. The predicted molar refractivity (Wildman–Crippen MR) is 110 cm³/mol. The average molecular weight is 439 g/mol. The van der Waals surface area contributed by atoms with Gasteiger partial charge >= 0.3 is 0 Å². The number of hydrogen-bond donors (Lipinski definition) is 2. The van der Waals surface area contributed by atoms with E-state index in [1.54, 1.807) is 6.07 Å². The molecule has 2 saturated heterocycles. The molecular weight excluding hydrogens is 416 g/mol. The Balaban J connectivity index is 1.51. The van der Waals surface area contributed by atoms with E-state index in [4.69, 9.17) is 21.1 Å². The van der Waals surface area contributed by atoms with Crippen LogP contribution in [0, 0.1) is 6.92 Å². The fourth-order valence-corrected chi connectivity index (χ4v) is 4.61. The molecule has 2 aliphatic heterocycles. The van der Waals surface area contributed by atoms with Gasteiger partial charge < -0.3 is 20.1 Å². The second-order valence-electron chi connectivity index (χ2n) is 7.50. The third kappa shape index (κ3) is 4.63. The largest absolute Gasteiger partial charge is 0.474 e. The van der Waals surface area contributed by atoms with Crippen LogP contribution in [-0.2, 0) is 14.6 Å². The Morgan fingerprint density at radius 3 is 2.62 bits per heavy atom. The monoisotopic (exact) mass is 438 g/mol. The second-order valence-corrected chi connectivity index (χ2v) is 9.92. The molecule has 10 heteroatoms. The van der Waals surface area contributed by atoms with Crippen molar-refractivity contribution in [3.05, 3.63) is 35.1 Å². The topological polar surface area (TPSA) is 102 Å². The van der Waals surface area contributed by atoms with Crippen molar-refractivity contribution in [2.75, 3.05) is 24.8 Å². The molecule has 2 unspecified atom stereocenters. The van der Waals surface area contributed by atoms with E-state index < -0.39 is 9.84 Å². The number of ether oxygens (including phenoxy) is 2. The van der Waals surface area contributed by atoms with Gasteiger partial charge in [-0.25, -0.2) is 18.4 Å². The van der Waals surface area contributed by atoms with Crippen molar-refractivity contribution >= 4 is 32.9 Å². The highest BCUT2D eigenvalue weighted by Crippen LogP contribution is 2.31. The van der Waals surface area contributed by atoms with Crippen LogP contribution >= 0.6 is 11.6 Å². The first kappa shape index (κ1) is 20.3. The molecule has 2 bridgehead atoms. The summed E-state index contributed by atoms with van der Waals surface area (Å²) in [5.41, 5.74) is 1.32. The third-order valence-corrected chi connectivity index (χ3v) is 6.57. The molecule has 0 aliphatic carbocycles. The molecule has 2 aromatic rings. The second kappa shape index (κ2) is 8.06. The molecule has 8 nitrogen and oxygen atoms in total. The number of morpholine rings is 1. The van der Waals surface area contributed by atoms with E-state index in [2.05, 4.69) is 20.6 Å². The summed E-state index contributed by atoms with van der Waals surface area (Å²) in [6, 6.07) is 5.16. The summed E-state index contributed by atoms with van der Waals surface area (Å²) in [6.45, 7) is 3.28. The fourth-order valence-electron chi connectivity index (χ4n) is 3.67. The number of halogens is 1. The molecule has 0 radical (unpaired) electrons. The van der Waals surface area contributed by atoms with Crippen molar-refractivity contribution < 1.29 is 17.9 Å². The van der Waals surface area contributed by atoms with E-state index in [0.717, 1.165) is 24.7 Å². The zero-order valence-electron chi connectivity index (χ0n) is 16.2. The highest BCUT2D eigenvalue weighted by atomic mass is 35.5. The molecule has 2 aliphatic rings. The van der Waals surface area contributed by atoms with Gasteiger partial charge in [0.05, 0.1) is 34.4 Å². The number of sulfone groups is 1. The van der Waals surface area contributed by atoms with Gasteiger partial charge in [0.1, 0.15) is 18.2 Å². The Morgan fingerprint density at radius 2 is 1.97 bits per heavy atom. The molecule has 29 heavy (non-hydrogen) atoms. The normalized spacial score (nSPS) is 24.2. The number of piperidine rings is 1. The number of fused-ring (bicyclic) bond motifs is 2. The van der Waals surface area contributed by atoms with Gasteiger partial charge in [0, 0.05) is 31.2 Å². The molecule has 2 N–H and O–H groups in total. The quantitative estimate of drug-likeness (QED) is 0.734. The van der Waals surface area contributed by atoms with Crippen LogP contribution in [0.4, 0.5) is 11.5 Å². The number of nitrogens with one attached hydrogen (secondary N) is 2. The Morgan fingerprint density at radius 1 is 1.24 bits per heavy atom. The summed E-state index contributed by atoms with van der Waals surface area (Å²) in [4.78, 5) is 8.75. The van der Waals surface area contributed by atoms with Crippen molar-refractivity contribution in [3.8, 4) is 5.88 Å². The van der Waals surface area contributed by atoms with Crippen molar-refractivity contribution in [2.24, 2.45) is 0 Å². The van der Waals surface area contributed by atoms with Crippen LogP contribution in [0.2, 0.25) is 5.02 Å². The van der Waals surface area contributed by atoms with Gasteiger partial charge in [-0.3, -0.25) is 0 Å². The maximum Gasteiger partial charge on any atom is 0.221 e. The molecule has 4 rings (SSSR count). The van der Waals surface area contributed by atoms with E-state index in [-0.39, 0.29) is 11.0 Å². The minimum Gasteiger partial charge on any atom is -0.474 e. The van der Waals surface area contributed by atoms with E-state index in [1.165, 1.54) is 18.5 Å². The lowest BCUT2D eigenvalue weighted by Crippen LogP contribution is -2.56. The first-order valence-corrected chi connectivity index (χ1v) is 11.6. The van der Waals surface area contributed by atoms with Crippen molar-refractivity contribution in [2.45, 2.75) is 42.8 Å². The highest BCUT2D eigenvalue weighted by Gasteiger charge is 2.33. The van der Waals surface area contributed by atoms with Crippen LogP contribution in [-0.4, -0.2) is 56.0 Å². The zero-order chi connectivity index (χ0) is 20.6. The third-order valence-electron chi connectivity index (χ3n) is 5.14. The lowest BCUT2D eigenvalue weighted by molar-refractivity contribution is -0.0134. The molecule has 0 saturated carbocycles. The molecule has 0 amide bonds. The van der Waals surface area contributed by atoms with Crippen LogP contribution in [0.5, 0.6) is 5.88 Å². The maximum atomic E-state index is 11.7. The van der Waals surface area contributed by atoms with Gasteiger partial charge in [0.25, 0.3) is 0 Å². The first-order chi connectivity index (χ1) is 13.8. The molecule has 1 aromatic heterocycles. The van der Waals surface area contributed by atoms with Gasteiger partial charge in [-0.2, -0.15) is 0 Å². The zero-order valence-corrected chi connectivity index (χ0v) is 17.8. The highest BCUT2D eigenvalue weighted by molar-refractivity contribution is 7.90. The SMILES string of the molecule is Cc1c(Nc2ccc(S(C)(=O)=O)cc2Cl)ncnc1OC1CC2COCC(C1)N2. The maximum absolute atomic E-state index is 11.7. The molecule has 2 atom stereocenters. The minimum absolute atomic E-state index is 0.0641. The standard InChI is InChI=1S/C19H23ClN4O4S/c1-11-18(24-17-4-3-15(7-16(17)20)29(2,25)26)21-10-22-19(11)28-14-5-12-8-27-9-13(6-14)23-12/h3-4,7,10,12-14,23H,5-6,8-9H2,1-2H3,(H,21,22,24). The predicted octanol–water partition coefficient (Wildman–Crippen LogP) is 2.48. The fraction of sp³-hybridized carbons (Fsp3) is 0.474. The van der Waals surface area contributed by atoms with Crippen molar-refractivity contribution in [3.63, 3.8) is 0 Å². The summed E-state index contributed by atoms with van der Waals surface area (Å²) >= 11 is 6.27. The smallest absolute Gasteiger partial charge is 0.221 e. The van der Waals surface area contributed by atoms with E-state index in [9.17, 15) is 8.42 Å². The van der Waals surface area contributed by atoms with Crippen LogP contribution in [0.15, 0.2) is 29.4 Å². The summed E-state index contributed by atoms with van der Waals surface area (Å²) in [5, 5.41) is 6.98. The number of hydrogen-bond acceptors (Lipinski definition) is 8. The number of nitrogens with zero attached hydrogens (tertiary/aromatic N) is 2. The Hall–Kier alpha value is -1.94. The van der Waals surface area contributed by atoms with Gasteiger partial charge in [-0.1, -0.05) is 11.6 Å². The lowest BCUT2D eigenvalue weighted by Gasteiger charge is -2.39. The minimum atomic E-state index is -3.32.